The van der Waals surface area contributed by atoms with Crippen LogP contribution in [0.1, 0.15) is 29.7 Å². The number of nitrogens with zero attached hydrogens (tertiary/aromatic N) is 3. The maximum absolute atomic E-state index is 13.9. The molecule has 1 aromatic heterocycles. The molecule has 4 rings (SSSR count). The van der Waals surface area contributed by atoms with Crippen LogP contribution in [-0.4, -0.2) is 20.7 Å². The van der Waals surface area contributed by atoms with Crippen molar-refractivity contribution in [3.05, 3.63) is 82.3 Å². The molecule has 6 nitrogen and oxygen atoms in total. The maximum atomic E-state index is 13.9. The number of primary amides is 1. The lowest BCUT2D eigenvalue weighted by molar-refractivity contribution is -0.115. The summed E-state index contributed by atoms with van der Waals surface area (Å²) in [4.78, 5) is 16.7. The Morgan fingerprint density at radius 1 is 1.24 bits per heavy atom. The van der Waals surface area contributed by atoms with Gasteiger partial charge in [-0.05, 0) is 31.0 Å². The number of carbonyl (C=O) groups is 1. The fourth-order valence-corrected chi connectivity index (χ4v) is 4.23. The van der Waals surface area contributed by atoms with E-state index in [-0.39, 0.29) is 5.82 Å². The summed E-state index contributed by atoms with van der Waals surface area (Å²) in [6.45, 7) is 3.79. The topological polar surface area (TPSA) is 85.8 Å². The van der Waals surface area contributed by atoms with Gasteiger partial charge in [0.25, 0.3) is 0 Å². The van der Waals surface area contributed by atoms with Crippen LogP contribution in [0.3, 0.4) is 0 Å². The van der Waals surface area contributed by atoms with E-state index in [4.69, 9.17) is 5.73 Å². The number of allylic oxidation sites excluding steroid dienone is 1. The molecule has 0 saturated heterocycles. The second-order valence-electron chi connectivity index (χ2n) is 6.89. The third-order valence-electron chi connectivity index (χ3n) is 4.77. The molecule has 2 aromatic carbocycles. The van der Waals surface area contributed by atoms with Crippen LogP contribution in [0.15, 0.2) is 65.0 Å². The Bertz CT molecular complexity index is 1120. The van der Waals surface area contributed by atoms with Crippen molar-refractivity contribution >= 4 is 23.6 Å². The van der Waals surface area contributed by atoms with Crippen molar-refractivity contribution in [3.63, 3.8) is 0 Å². The van der Waals surface area contributed by atoms with Crippen molar-refractivity contribution in [2.45, 2.75) is 30.8 Å². The number of nitrogens with two attached hydrogens (primary N) is 1. The number of carbonyl (C=O) groups excluding carboxylic acids is 1. The highest BCUT2D eigenvalue weighted by Crippen LogP contribution is 2.36. The van der Waals surface area contributed by atoms with Gasteiger partial charge >= 0.3 is 0 Å². The molecule has 1 unspecified atom stereocenters. The smallest absolute Gasteiger partial charge is 0.248 e. The number of benzene rings is 2. The van der Waals surface area contributed by atoms with Crippen molar-refractivity contribution in [2.75, 3.05) is 5.32 Å². The molecule has 0 bridgehead atoms. The van der Waals surface area contributed by atoms with Crippen molar-refractivity contribution in [1.82, 2.24) is 14.8 Å². The fourth-order valence-electron chi connectivity index (χ4n) is 3.42. The molecule has 0 radical (unpaired) electrons. The van der Waals surface area contributed by atoms with E-state index in [2.05, 4.69) is 15.4 Å². The minimum atomic E-state index is -0.511. The summed E-state index contributed by atoms with van der Waals surface area (Å²) in [7, 11) is 0. The quantitative estimate of drug-likeness (QED) is 0.626. The molecule has 3 N–H and O–H groups in total. The SMILES string of the molecule is CC1=C(C(N)=O)C(c2cccc(C)c2)n2nc(SCc3ccccc3F)nc2N1. The molecule has 29 heavy (non-hydrogen) atoms. The van der Waals surface area contributed by atoms with E-state index in [0.717, 1.165) is 11.1 Å². The predicted molar refractivity (Wildman–Crippen MR) is 111 cm³/mol. The number of rotatable bonds is 5. The van der Waals surface area contributed by atoms with Gasteiger partial charge in [0.2, 0.25) is 17.0 Å². The summed E-state index contributed by atoms with van der Waals surface area (Å²) in [6.07, 6.45) is 0. The van der Waals surface area contributed by atoms with E-state index < -0.39 is 11.9 Å². The monoisotopic (exact) mass is 409 g/mol. The number of hydrogen-bond acceptors (Lipinski definition) is 5. The molecule has 0 saturated carbocycles. The predicted octanol–water partition coefficient (Wildman–Crippen LogP) is 3.79. The summed E-state index contributed by atoms with van der Waals surface area (Å²) in [5.41, 5.74) is 9.34. The minimum absolute atomic E-state index is 0.256. The van der Waals surface area contributed by atoms with Crippen LogP contribution in [0.2, 0.25) is 0 Å². The van der Waals surface area contributed by atoms with E-state index in [9.17, 15) is 9.18 Å². The molecule has 3 aromatic rings. The molecule has 0 spiro atoms. The van der Waals surface area contributed by atoms with E-state index in [0.29, 0.717) is 33.7 Å². The van der Waals surface area contributed by atoms with Crippen molar-refractivity contribution in [3.8, 4) is 0 Å². The first kappa shape index (κ1) is 19.2. The number of aryl methyl sites for hydroxylation is 1. The lowest BCUT2D eigenvalue weighted by Gasteiger charge is -2.27. The number of thioether (sulfide) groups is 1. The van der Waals surface area contributed by atoms with Crippen LogP contribution in [0, 0.1) is 12.7 Å². The second-order valence-corrected chi connectivity index (χ2v) is 7.83. The molecule has 0 aliphatic carbocycles. The zero-order chi connectivity index (χ0) is 20.5. The average molecular weight is 409 g/mol. The number of anilines is 1. The second kappa shape index (κ2) is 7.71. The third-order valence-corrected chi connectivity index (χ3v) is 5.66. The van der Waals surface area contributed by atoms with Crippen LogP contribution in [0.4, 0.5) is 10.3 Å². The van der Waals surface area contributed by atoms with Crippen LogP contribution >= 0.6 is 11.8 Å². The highest BCUT2D eigenvalue weighted by atomic mass is 32.2. The number of amides is 1. The molecule has 1 aliphatic heterocycles. The van der Waals surface area contributed by atoms with Gasteiger partial charge in [0.1, 0.15) is 11.9 Å². The molecule has 2 heterocycles. The van der Waals surface area contributed by atoms with Gasteiger partial charge in [0.15, 0.2) is 0 Å². The summed E-state index contributed by atoms with van der Waals surface area (Å²) in [5.74, 6) is 0.159. The van der Waals surface area contributed by atoms with Crippen LogP contribution < -0.4 is 11.1 Å². The maximum Gasteiger partial charge on any atom is 0.248 e. The zero-order valence-electron chi connectivity index (χ0n) is 16.0. The van der Waals surface area contributed by atoms with Crippen LogP contribution in [0.25, 0.3) is 0 Å². The first-order chi connectivity index (χ1) is 13.9. The van der Waals surface area contributed by atoms with E-state index in [1.54, 1.807) is 29.8 Å². The lowest BCUT2D eigenvalue weighted by atomic mass is 9.94. The Hall–Kier alpha value is -3.13. The number of hydrogen-bond donors (Lipinski definition) is 2. The zero-order valence-corrected chi connectivity index (χ0v) is 16.8. The number of halogens is 1. The Labute approximate surface area is 172 Å². The lowest BCUT2D eigenvalue weighted by Crippen LogP contribution is -2.31. The van der Waals surface area contributed by atoms with Crippen molar-refractivity contribution in [2.24, 2.45) is 5.73 Å². The largest absolute Gasteiger partial charge is 0.366 e. The first-order valence-corrected chi connectivity index (χ1v) is 10.1. The molecule has 1 aliphatic rings. The average Bonchev–Trinajstić information content (AvgIpc) is 3.08. The summed E-state index contributed by atoms with van der Waals surface area (Å²) in [5, 5.41) is 8.20. The molecular weight excluding hydrogens is 389 g/mol. The van der Waals surface area contributed by atoms with Gasteiger partial charge in [-0.15, -0.1) is 5.10 Å². The van der Waals surface area contributed by atoms with Gasteiger partial charge < -0.3 is 11.1 Å². The van der Waals surface area contributed by atoms with E-state index >= 15 is 0 Å². The van der Waals surface area contributed by atoms with Gasteiger partial charge in [0, 0.05) is 11.4 Å². The van der Waals surface area contributed by atoms with Gasteiger partial charge in [-0.3, -0.25) is 4.79 Å². The Morgan fingerprint density at radius 2 is 2.03 bits per heavy atom. The third kappa shape index (κ3) is 3.75. The molecule has 1 amide bonds. The summed E-state index contributed by atoms with van der Waals surface area (Å²) in [6, 6.07) is 14.0. The van der Waals surface area contributed by atoms with Crippen LogP contribution in [-0.2, 0) is 10.5 Å². The Kier molecular flexibility index (Phi) is 5.10. The van der Waals surface area contributed by atoms with Gasteiger partial charge in [-0.25, -0.2) is 9.07 Å². The van der Waals surface area contributed by atoms with E-state index in [1.807, 2.05) is 31.2 Å². The summed E-state index contributed by atoms with van der Waals surface area (Å²) < 4.78 is 15.6. The van der Waals surface area contributed by atoms with Crippen LogP contribution in [0.5, 0.6) is 0 Å². The fraction of sp³-hybridized carbons (Fsp3) is 0.190. The molecule has 8 heteroatoms. The number of fused-ring (bicyclic) bond motifs is 1. The van der Waals surface area contributed by atoms with E-state index in [1.165, 1.54) is 17.8 Å². The molecule has 0 fully saturated rings. The van der Waals surface area contributed by atoms with Crippen molar-refractivity contribution < 1.29 is 9.18 Å². The highest BCUT2D eigenvalue weighted by molar-refractivity contribution is 7.98. The molecule has 1 atom stereocenters. The Morgan fingerprint density at radius 3 is 2.76 bits per heavy atom. The minimum Gasteiger partial charge on any atom is -0.366 e. The van der Waals surface area contributed by atoms with Gasteiger partial charge in [0.05, 0.1) is 5.57 Å². The summed E-state index contributed by atoms with van der Waals surface area (Å²) >= 11 is 1.33. The van der Waals surface area contributed by atoms with Gasteiger partial charge in [-0.2, -0.15) is 4.98 Å². The normalized spacial score (nSPS) is 15.8. The molecular formula is C21H20FN5OS. The molecule has 148 valence electrons. The first-order valence-electron chi connectivity index (χ1n) is 9.11. The number of aromatic nitrogens is 3. The Balaban J connectivity index is 1.70. The highest BCUT2D eigenvalue weighted by Gasteiger charge is 2.33. The standard InChI is InChI=1S/C21H20FN5OS/c1-12-6-5-8-14(10-12)18-17(19(23)28)13(2)24-20-25-21(26-27(18)20)29-11-15-7-3-4-9-16(15)22/h3-10,18H,11H2,1-2H3,(H2,23,28)(H,24,25,26). The number of nitrogens with one attached hydrogen (secondary N) is 1. The van der Waals surface area contributed by atoms with Crippen molar-refractivity contribution in [1.29, 1.82) is 0 Å². The van der Waals surface area contributed by atoms with Gasteiger partial charge in [-0.1, -0.05) is 59.8 Å².